The molecule has 0 aliphatic heterocycles. The summed E-state index contributed by atoms with van der Waals surface area (Å²) in [6, 6.07) is -0.337. The van der Waals surface area contributed by atoms with Crippen LogP contribution in [0.3, 0.4) is 0 Å². The van der Waals surface area contributed by atoms with Gasteiger partial charge >= 0.3 is 5.69 Å². The number of hydrogen-bond donors (Lipinski definition) is 0. The van der Waals surface area contributed by atoms with Crippen LogP contribution in [0, 0.1) is 24.0 Å². The summed E-state index contributed by atoms with van der Waals surface area (Å²) in [5.74, 6) is -0.425. The molecular formula is C13H20F2N4O3. The van der Waals surface area contributed by atoms with Crippen molar-refractivity contribution in [3.63, 3.8) is 0 Å². The second kappa shape index (κ2) is 7.28. The zero-order chi connectivity index (χ0) is 17.0. The summed E-state index contributed by atoms with van der Waals surface area (Å²) in [5.41, 5.74) is 0.532. The van der Waals surface area contributed by atoms with Crippen molar-refractivity contribution in [2.75, 3.05) is 6.54 Å². The summed E-state index contributed by atoms with van der Waals surface area (Å²) in [6.45, 7) is 5.88. The van der Waals surface area contributed by atoms with E-state index in [0.29, 0.717) is 5.69 Å². The normalized spacial score (nSPS) is 11.3. The van der Waals surface area contributed by atoms with Gasteiger partial charge in [0.15, 0.2) is 0 Å². The van der Waals surface area contributed by atoms with Crippen LogP contribution in [-0.4, -0.2) is 44.5 Å². The Labute approximate surface area is 127 Å². The molecule has 0 spiro atoms. The Hall–Kier alpha value is -2.06. The van der Waals surface area contributed by atoms with Crippen LogP contribution in [0.2, 0.25) is 0 Å². The highest BCUT2D eigenvalue weighted by Gasteiger charge is 2.24. The van der Waals surface area contributed by atoms with Crippen LogP contribution >= 0.6 is 0 Å². The van der Waals surface area contributed by atoms with Crippen molar-refractivity contribution in [2.45, 2.75) is 53.1 Å². The lowest BCUT2D eigenvalue weighted by Gasteiger charge is -2.26. The summed E-state index contributed by atoms with van der Waals surface area (Å²) >= 11 is 0. The molecule has 22 heavy (non-hydrogen) atoms. The molecule has 0 saturated heterocycles. The number of halogens is 2. The van der Waals surface area contributed by atoms with Gasteiger partial charge in [-0.05, 0) is 27.7 Å². The number of hydrogen-bond acceptors (Lipinski definition) is 4. The highest BCUT2D eigenvalue weighted by Crippen LogP contribution is 2.22. The topological polar surface area (TPSA) is 81.3 Å². The van der Waals surface area contributed by atoms with Gasteiger partial charge in [-0.1, -0.05) is 0 Å². The van der Waals surface area contributed by atoms with Crippen LogP contribution in [0.15, 0.2) is 0 Å². The smallest absolute Gasteiger partial charge is 0.312 e. The lowest BCUT2D eigenvalue weighted by Crippen LogP contribution is -2.40. The molecule has 1 aromatic rings. The number of nitrogens with zero attached hydrogens (tertiary/aromatic N) is 4. The minimum Gasteiger partial charge on any atom is -0.334 e. The summed E-state index contributed by atoms with van der Waals surface area (Å²) in [6.07, 6.45) is -2.63. The molecule has 0 atom stereocenters. The zero-order valence-corrected chi connectivity index (χ0v) is 13.0. The molecule has 0 unspecified atom stereocenters. The molecule has 1 heterocycles. The fraction of sp³-hybridized carbons (Fsp3) is 0.692. The van der Waals surface area contributed by atoms with Gasteiger partial charge in [0.05, 0.1) is 18.0 Å². The largest absolute Gasteiger partial charge is 0.334 e. The minimum absolute atomic E-state index is 0.0377. The number of carbonyl (C=O) groups excluding carboxylic acids is 1. The molecule has 0 aliphatic carbocycles. The molecule has 0 radical (unpaired) electrons. The van der Waals surface area contributed by atoms with Gasteiger partial charge in [-0.25, -0.2) is 8.78 Å². The number of carbonyl (C=O) groups is 1. The summed E-state index contributed by atoms with van der Waals surface area (Å²) in [5, 5.41) is 14.9. The molecule has 7 nitrogen and oxygen atoms in total. The monoisotopic (exact) mass is 318 g/mol. The highest BCUT2D eigenvalue weighted by atomic mass is 19.3. The second-order valence-corrected chi connectivity index (χ2v) is 5.28. The molecule has 0 aliphatic rings. The van der Waals surface area contributed by atoms with Crippen molar-refractivity contribution < 1.29 is 18.5 Å². The van der Waals surface area contributed by atoms with Crippen molar-refractivity contribution >= 4 is 11.6 Å². The zero-order valence-electron chi connectivity index (χ0n) is 13.0. The Bertz CT molecular complexity index is 558. The average molecular weight is 318 g/mol. The molecule has 0 fully saturated rings. The Morgan fingerprint density at radius 1 is 1.41 bits per heavy atom. The van der Waals surface area contributed by atoms with E-state index in [1.54, 1.807) is 20.8 Å². The minimum atomic E-state index is -2.60. The molecular weight excluding hydrogens is 298 g/mol. The number of aromatic nitrogens is 2. The first kappa shape index (κ1) is 18.0. The quantitative estimate of drug-likeness (QED) is 0.570. The van der Waals surface area contributed by atoms with Crippen LogP contribution in [-0.2, 0) is 11.3 Å². The highest BCUT2D eigenvalue weighted by molar-refractivity contribution is 5.76. The SMILES string of the molecule is Cc1nn(CCC(=O)N(CC(F)F)C(C)C)c(C)c1[N+](=O)[O-]. The fourth-order valence-corrected chi connectivity index (χ4v) is 2.26. The van der Waals surface area contributed by atoms with Crippen molar-refractivity contribution in [3.8, 4) is 0 Å². The second-order valence-electron chi connectivity index (χ2n) is 5.28. The van der Waals surface area contributed by atoms with E-state index in [0.717, 1.165) is 4.90 Å². The molecule has 9 heteroatoms. The maximum absolute atomic E-state index is 12.5. The molecule has 0 N–H and O–H groups in total. The lowest BCUT2D eigenvalue weighted by atomic mass is 10.2. The molecule has 1 rings (SSSR count). The standard InChI is InChI=1S/C13H20F2N4O3/c1-8(2)17(7-11(14)15)12(20)5-6-18-10(4)13(19(21)22)9(3)16-18/h8,11H,5-7H2,1-4H3. The van der Waals surface area contributed by atoms with Gasteiger partial charge in [0.2, 0.25) is 5.91 Å². The van der Waals surface area contributed by atoms with Gasteiger partial charge in [0.1, 0.15) is 11.4 Å². The molecule has 124 valence electrons. The number of aryl methyl sites for hydroxylation is 2. The van der Waals surface area contributed by atoms with E-state index < -0.39 is 23.8 Å². The predicted molar refractivity (Wildman–Crippen MR) is 75.8 cm³/mol. The average Bonchev–Trinajstić information content (AvgIpc) is 2.67. The van der Waals surface area contributed by atoms with Crippen molar-refractivity contribution in [1.29, 1.82) is 0 Å². The lowest BCUT2D eigenvalue weighted by molar-refractivity contribution is -0.386. The summed E-state index contributed by atoms with van der Waals surface area (Å²) in [4.78, 5) is 23.5. The Kier molecular flexibility index (Phi) is 5.95. The maximum Gasteiger partial charge on any atom is 0.312 e. The van der Waals surface area contributed by atoms with Gasteiger partial charge in [-0.2, -0.15) is 5.10 Å². The number of nitro groups is 1. The third-order valence-electron chi connectivity index (χ3n) is 3.34. The van der Waals surface area contributed by atoms with E-state index in [2.05, 4.69) is 5.10 Å². The third-order valence-corrected chi connectivity index (χ3v) is 3.34. The van der Waals surface area contributed by atoms with Crippen LogP contribution in [0.1, 0.15) is 31.7 Å². The van der Waals surface area contributed by atoms with E-state index in [1.807, 2.05) is 0 Å². The first-order chi connectivity index (χ1) is 10.1. The number of amides is 1. The first-order valence-electron chi connectivity index (χ1n) is 6.91. The van der Waals surface area contributed by atoms with Gasteiger partial charge in [-0.15, -0.1) is 0 Å². The van der Waals surface area contributed by atoms with E-state index in [9.17, 15) is 23.7 Å². The third kappa shape index (κ3) is 4.22. The van der Waals surface area contributed by atoms with E-state index in [4.69, 9.17) is 0 Å². The van der Waals surface area contributed by atoms with Gasteiger partial charge < -0.3 is 4.90 Å². The van der Waals surface area contributed by atoms with E-state index >= 15 is 0 Å². The van der Waals surface area contributed by atoms with Crippen LogP contribution in [0.25, 0.3) is 0 Å². The van der Waals surface area contributed by atoms with Gasteiger partial charge in [0.25, 0.3) is 6.43 Å². The van der Waals surface area contributed by atoms with Crippen molar-refractivity contribution in [3.05, 3.63) is 21.5 Å². The molecule has 0 bridgehead atoms. The van der Waals surface area contributed by atoms with E-state index in [-0.39, 0.29) is 30.4 Å². The first-order valence-corrected chi connectivity index (χ1v) is 6.91. The van der Waals surface area contributed by atoms with Crippen molar-refractivity contribution in [2.24, 2.45) is 0 Å². The van der Waals surface area contributed by atoms with Crippen LogP contribution < -0.4 is 0 Å². The van der Waals surface area contributed by atoms with Crippen LogP contribution in [0.4, 0.5) is 14.5 Å². The molecule has 0 aromatic carbocycles. The summed E-state index contributed by atoms with van der Waals surface area (Å²) in [7, 11) is 0. The Balaban J connectivity index is 2.79. The fourth-order valence-electron chi connectivity index (χ4n) is 2.26. The Morgan fingerprint density at radius 3 is 2.41 bits per heavy atom. The van der Waals surface area contributed by atoms with Gasteiger partial charge in [-0.3, -0.25) is 19.6 Å². The van der Waals surface area contributed by atoms with Crippen molar-refractivity contribution in [1.82, 2.24) is 14.7 Å². The van der Waals surface area contributed by atoms with E-state index in [1.165, 1.54) is 11.6 Å². The molecule has 1 amide bonds. The Morgan fingerprint density at radius 2 is 2.00 bits per heavy atom. The maximum atomic E-state index is 12.5. The number of alkyl halides is 2. The predicted octanol–water partition coefficient (Wildman–Crippen LogP) is 2.30. The molecule has 0 saturated carbocycles. The number of rotatable bonds is 7. The molecule has 1 aromatic heterocycles. The van der Waals surface area contributed by atoms with Crippen LogP contribution in [0.5, 0.6) is 0 Å². The summed E-state index contributed by atoms with van der Waals surface area (Å²) < 4.78 is 26.4. The van der Waals surface area contributed by atoms with Gasteiger partial charge in [0, 0.05) is 12.5 Å².